The quantitative estimate of drug-likeness (QED) is 0.376. The van der Waals surface area contributed by atoms with E-state index < -0.39 is 5.54 Å². The van der Waals surface area contributed by atoms with Crippen LogP contribution in [0.3, 0.4) is 0 Å². The van der Waals surface area contributed by atoms with Crippen LogP contribution in [0.25, 0.3) is 10.9 Å². The van der Waals surface area contributed by atoms with Crippen molar-refractivity contribution in [2.75, 3.05) is 13.8 Å². The highest BCUT2D eigenvalue weighted by atomic mass is 16.7. The van der Waals surface area contributed by atoms with Gasteiger partial charge in [0, 0.05) is 30.7 Å². The van der Waals surface area contributed by atoms with Gasteiger partial charge in [-0.05, 0) is 29.7 Å². The van der Waals surface area contributed by atoms with E-state index >= 15 is 0 Å². The summed E-state index contributed by atoms with van der Waals surface area (Å²) in [7, 11) is 1.64. The lowest BCUT2D eigenvalue weighted by Gasteiger charge is -2.40. The maximum Gasteiger partial charge on any atom is 0.259 e. The number of hydrogen-bond donors (Lipinski definition) is 2. The predicted molar refractivity (Wildman–Crippen MR) is 141 cm³/mol. The van der Waals surface area contributed by atoms with Crippen LogP contribution in [0.2, 0.25) is 0 Å². The minimum atomic E-state index is -1.57. The average molecular weight is 496 g/mol. The first kappa shape index (κ1) is 24.2. The van der Waals surface area contributed by atoms with Gasteiger partial charge in [0.15, 0.2) is 5.76 Å². The number of aryl methyl sites for hydroxylation is 1. The summed E-state index contributed by atoms with van der Waals surface area (Å²) >= 11 is 0. The molecule has 0 spiro atoms. The normalized spacial score (nSPS) is 14.3. The topological polar surface area (TPSA) is 83.7 Å². The number of ether oxygens (including phenoxy) is 2. The molecule has 0 fully saturated rings. The van der Waals surface area contributed by atoms with Crippen molar-refractivity contribution in [3.05, 3.63) is 119 Å². The minimum Gasteiger partial charge on any atom is -0.461 e. The lowest BCUT2D eigenvalue weighted by molar-refractivity contribution is -0.146. The number of nitrogens with zero attached hydrogens (tertiary/aromatic N) is 1. The third kappa shape index (κ3) is 4.56. The Kier molecular flexibility index (Phi) is 6.68. The van der Waals surface area contributed by atoms with Crippen LogP contribution in [0.15, 0.2) is 97.1 Å². The second kappa shape index (κ2) is 10.2. The fourth-order valence-electron chi connectivity index (χ4n) is 4.77. The van der Waals surface area contributed by atoms with E-state index in [1.54, 1.807) is 7.05 Å². The lowest BCUT2D eigenvalue weighted by atomic mass is 9.84. The fraction of sp³-hybridized carbons (Fsp3) is 0.200. The van der Waals surface area contributed by atoms with Crippen LogP contribution in [0.4, 0.5) is 0 Å². The number of rotatable bonds is 8. The second-order valence-corrected chi connectivity index (χ2v) is 9.14. The number of aromatic amines is 1. The number of aromatic nitrogens is 1. The van der Waals surface area contributed by atoms with Gasteiger partial charge in [0.2, 0.25) is 18.2 Å². The van der Waals surface area contributed by atoms with Crippen molar-refractivity contribution in [3.8, 4) is 0 Å². The Bertz CT molecular complexity index is 1440. The van der Waals surface area contributed by atoms with Crippen molar-refractivity contribution in [2.24, 2.45) is 0 Å². The van der Waals surface area contributed by atoms with E-state index in [0.29, 0.717) is 12.1 Å². The second-order valence-electron chi connectivity index (χ2n) is 9.14. The number of para-hydroxylation sites is 1. The van der Waals surface area contributed by atoms with Crippen molar-refractivity contribution >= 4 is 22.7 Å². The first-order valence-electron chi connectivity index (χ1n) is 12.2. The predicted octanol–water partition coefficient (Wildman–Crippen LogP) is 4.53. The summed E-state index contributed by atoms with van der Waals surface area (Å²) in [6, 6.07) is 25.0. The van der Waals surface area contributed by atoms with E-state index in [2.05, 4.69) is 10.3 Å². The molecule has 2 amide bonds. The molecule has 1 atom stereocenters. The maximum absolute atomic E-state index is 14.2. The zero-order valence-electron chi connectivity index (χ0n) is 20.9. The number of nitrogens with one attached hydrogen (secondary N) is 2. The molecular weight excluding hydrogens is 466 g/mol. The summed E-state index contributed by atoms with van der Waals surface area (Å²) in [4.78, 5) is 32.8. The van der Waals surface area contributed by atoms with Gasteiger partial charge in [-0.3, -0.25) is 9.59 Å². The van der Waals surface area contributed by atoms with E-state index in [0.717, 1.165) is 27.6 Å². The number of amides is 2. The van der Waals surface area contributed by atoms with Crippen LogP contribution >= 0.6 is 0 Å². The molecule has 1 aliphatic heterocycles. The first-order valence-corrected chi connectivity index (χ1v) is 12.2. The van der Waals surface area contributed by atoms with Crippen molar-refractivity contribution in [2.45, 2.75) is 25.4 Å². The molecule has 0 saturated heterocycles. The average Bonchev–Trinajstić information content (AvgIpc) is 3.60. The molecule has 2 N–H and O–H groups in total. The number of fused-ring (bicyclic) bond motifs is 1. The number of likely N-dealkylation sites (N-methyl/N-ethyl adjacent to an activating group) is 1. The fourth-order valence-corrected chi connectivity index (χ4v) is 4.77. The van der Waals surface area contributed by atoms with Gasteiger partial charge >= 0.3 is 0 Å². The van der Waals surface area contributed by atoms with Crippen molar-refractivity contribution in [3.63, 3.8) is 0 Å². The number of carbonyl (C=O) groups is 2. The molecular formula is C30H29N3O4. The van der Waals surface area contributed by atoms with Gasteiger partial charge < -0.3 is 24.7 Å². The Balaban J connectivity index is 1.55. The van der Waals surface area contributed by atoms with Gasteiger partial charge in [-0.15, -0.1) is 0 Å². The molecule has 0 aliphatic carbocycles. The smallest absolute Gasteiger partial charge is 0.259 e. The summed E-state index contributed by atoms with van der Waals surface area (Å²) in [5, 5.41) is 4.01. The van der Waals surface area contributed by atoms with Gasteiger partial charge in [-0.25, -0.2) is 0 Å². The minimum absolute atomic E-state index is 0.0284. The number of benzene rings is 3. The first-order chi connectivity index (χ1) is 18.0. The molecule has 1 aromatic heterocycles. The molecule has 4 aromatic rings. The molecule has 2 heterocycles. The van der Waals surface area contributed by atoms with Crippen molar-refractivity contribution in [1.29, 1.82) is 0 Å². The lowest BCUT2D eigenvalue weighted by Crippen LogP contribution is -2.58. The van der Waals surface area contributed by atoms with Gasteiger partial charge in [0.05, 0.1) is 6.42 Å². The number of carbonyl (C=O) groups excluding carboxylic acids is 2. The van der Waals surface area contributed by atoms with Crippen molar-refractivity contribution in [1.82, 2.24) is 15.2 Å². The van der Waals surface area contributed by atoms with Gasteiger partial charge in [0.25, 0.3) is 5.91 Å². The molecule has 1 unspecified atom stereocenters. The third-order valence-corrected chi connectivity index (χ3v) is 6.82. The van der Waals surface area contributed by atoms with E-state index in [1.807, 2.05) is 92.0 Å². The summed E-state index contributed by atoms with van der Waals surface area (Å²) in [5.74, 6) is -0.361. The van der Waals surface area contributed by atoms with E-state index in [4.69, 9.17) is 9.47 Å². The number of hydrogen-bond acceptors (Lipinski definition) is 4. The van der Waals surface area contributed by atoms with Gasteiger partial charge in [-0.1, -0.05) is 78.4 Å². The monoisotopic (exact) mass is 495 g/mol. The highest BCUT2D eigenvalue weighted by Gasteiger charge is 2.52. The van der Waals surface area contributed by atoms with Crippen LogP contribution in [-0.4, -0.2) is 35.5 Å². The van der Waals surface area contributed by atoms with Crippen LogP contribution in [0.1, 0.15) is 22.3 Å². The number of H-pyrrole nitrogens is 1. The molecule has 5 rings (SSSR count). The van der Waals surface area contributed by atoms with E-state index in [1.165, 1.54) is 11.2 Å². The zero-order valence-corrected chi connectivity index (χ0v) is 20.9. The Labute approximate surface area is 215 Å². The molecule has 0 bridgehead atoms. The van der Waals surface area contributed by atoms with E-state index in [9.17, 15) is 9.59 Å². The standard InChI is InChI=1S/C30H29N3O4/c1-21-12-14-24(15-13-21)30(27-19-36-20-37-27,29(35)32-17-22-8-4-3-5-9-22)33(2)28(34)16-23-18-31-26-11-7-6-10-25(23)26/h3-15,18-19,31H,16-17,20H2,1-2H3,(H,32,35). The molecule has 7 nitrogen and oxygen atoms in total. The molecule has 37 heavy (non-hydrogen) atoms. The van der Waals surface area contributed by atoms with Crippen LogP contribution in [0.5, 0.6) is 0 Å². The van der Waals surface area contributed by atoms with Crippen LogP contribution in [-0.2, 0) is 37.6 Å². The van der Waals surface area contributed by atoms with Crippen LogP contribution in [0, 0.1) is 6.92 Å². The highest BCUT2D eigenvalue weighted by molar-refractivity contribution is 5.97. The third-order valence-electron chi connectivity index (χ3n) is 6.82. The summed E-state index contributed by atoms with van der Waals surface area (Å²) in [6.45, 7) is 2.24. The van der Waals surface area contributed by atoms with Crippen molar-refractivity contribution < 1.29 is 19.1 Å². The molecule has 1 aliphatic rings. The molecule has 3 aromatic carbocycles. The summed E-state index contributed by atoms with van der Waals surface area (Å²) < 4.78 is 11.2. The molecule has 7 heteroatoms. The summed E-state index contributed by atoms with van der Waals surface area (Å²) in [5.41, 5.74) is 2.82. The van der Waals surface area contributed by atoms with Gasteiger partial charge in [-0.2, -0.15) is 0 Å². The highest BCUT2D eigenvalue weighted by Crippen LogP contribution is 2.39. The van der Waals surface area contributed by atoms with Crippen LogP contribution < -0.4 is 5.32 Å². The SMILES string of the molecule is Cc1ccc(C(C(=O)NCc2ccccc2)(C2=COCO2)N(C)C(=O)Cc2c[nH]c3ccccc23)cc1. The zero-order chi connectivity index (χ0) is 25.8. The largest absolute Gasteiger partial charge is 0.461 e. The molecule has 188 valence electrons. The molecule has 0 saturated carbocycles. The van der Waals surface area contributed by atoms with Gasteiger partial charge in [0.1, 0.15) is 6.26 Å². The Morgan fingerprint density at radius 2 is 1.73 bits per heavy atom. The Hall–Kier alpha value is -4.52. The maximum atomic E-state index is 14.2. The Morgan fingerprint density at radius 1 is 1.00 bits per heavy atom. The Morgan fingerprint density at radius 3 is 2.46 bits per heavy atom. The molecule has 0 radical (unpaired) electrons. The summed E-state index contributed by atoms with van der Waals surface area (Å²) in [6.07, 6.45) is 3.37. The van der Waals surface area contributed by atoms with E-state index in [-0.39, 0.29) is 30.8 Å².